The van der Waals surface area contributed by atoms with Crippen LogP contribution in [0.1, 0.15) is 25.8 Å². The smallest absolute Gasteiger partial charge is 0.265 e. The summed E-state index contributed by atoms with van der Waals surface area (Å²) >= 11 is 0. The fourth-order valence-electron chi connectivity index (χ4n) is 2.63. The maximum Gasteiger partial charge on any atom is 0.265 e. The minimum absolute atomic E-state index is 0.182. The van der Waals surface area contributed by atoms with Gasteiger partial charge in [0.25, 0.3) is 5.91 Å². The van der Waals surface area contributed by atoms with Crippen molar-refractivity contribution >= 4 is 11.6 Å². The first-order valence-electron chi connectivity index (χ1n) is 8.65. The summed E-state index contributed by atoms with van der Waals surface area (Å²) in [5.41, 5.74) is 1.90. The molecule has 0 aliphatic carbocycles. The molecule has 1 heterocycles. The van der Waals surface area contributed by atoms with Crippen molar-refractivity contribution in [1.29, 1.82) is 0 Å². The molecule has 132 valence electrons. The molecule has 0 saturated carbocycles. The Bertz CT molecular complexity index is 727. The Hall–Kier alpha value is -2.69. The summed E-state index contributed by atoms with van der Waals surface area (Å²) in [5.74, 6) is 1.86. The van der Waals surface area contributed by atoms with Gasteiger partial charge in [0, 0.05) is 11.8 Å². The van der Waals surface area contributed by atoms with Crippen LogP contribution in [0.25, 0.3) is 0 Å². The number of carbonyl (C=O) groups excluding carboxylic acids is 1. The zero-order valence-corrected chi connectivity index (χ0v) is 14.6. The Morgan fingerprint density at radius 2 is 1.80 bits per heavy atom. The highest BCUT2D eigenvalue weighted by Gasteiger charge is 2.20. The molecule has 0 saturated heterocycles. The summed E-state index contributed by atoms with van der Waals surface area (Å²) < 4.78 is 16.9. The quantitative estimate of drug-likeness (QED) is 0.868. The molecule has 1 atom stereocenters. The number of hydrogen-bond acceptors (Lipinski definition) is 4. The van der Waals surface area contributed by atoms with Gasteiger partial charge in [-0.2, -0.15) is 0 Å². The van der Waals surface area contributed by atoms with Crippen molar-refractivity contribution in [3.63, 3.8) is 0 Å². The zero-order chi connectivity index (χ0) is 17.6. The van der Waals surface area contributed by atoms with E-state index in [4.69, 9.17) is 14.2 Å². The number of fused-ring (bicyclic) bond motifs is 1. The van der Waals surface area contributed by atoms with Crippen molar-refractivity contribution in [3.8, 4) is 17.2 Å². The lowest BCUT2D eigenvalue weighted by Crippen LogP contribution is -2.32. The number of ether oxygens (including phenoxy) is 3. The van der Waals surface area contributed by atoms with Gasteiger partial charge in [-0.15, -0.1) is 0 Å². The maximum absolute atomic E-state index is 12.5. The predicted molar refractivity (Wildman–Crippen MR) is 96.6 cm³/mol. The van der Waals surface area contributed by atoms with Crippen LogP contribution < -0.4 is 19.5 Å². The first-order valence-corrected chi connectivity index (χ1v) is 8.65. The Morgan fingerprint density at radius 1 is 1.08 bits per heavy atom. The van der Waals surface area contributed by atoms with E-state index in [-0.39, 0.29) is 5.91 Å². The zero-order valence-electron chi connectivity index (χ0n) is 14.6. The lowest BCUT2D eigenvalue weighted by Gasteiger charge is -2.20. The predicted octanol–water partition coefficient (Wildman–Crippen LogP) is 3.82. The molecule has 1 aliphatic rings. The van der Waals surface area contributed by atoms with E-state index in [1.54, 1.807) is 18.2 Å². The molecule has 1 N–H and O–H groups in total. The summed E-state index contributed by atoms with van der Waals surface area (Å²) in [4.78, 5) is 12.5. The van der Waals surface area contributed by atoms with Gasteiger partial charge in [0.2, 0.25) is 0 Å². The van der Waals surface area contributed by atoms with E-state index in [0.717, 1.165) is 6.42 Å². The molecule has 25 heavy (non-hydrogen) atoms. The number of benzene rings is 2. The number of hydrogen-bond donors (Lipinski definition) is 1. The fraction of sp³-hybridized carbons (Fsp3) is 0.350. The van der Waals surface area contributed by atoms with E-state index in [1.165, 1.54) is 5.56 Å². The molecule has 1 aliphatic heterocycles. The van der Waals surface area contributed by atoms with Crippen LogP contribution in [0.4, 0.5) is 5.69 Å². The van der Waals surface area contributed by atoms with Gasteiger partial charge < -0.3 is 19.5 Å². The molecule has 5 nitrogen and oxygen atoms in total. The van der Waals surface area contributed by atoms with Crippen LogP contribution in [0, 0.1) is 0 Å². The third-order valence-corrected chi connectivity index (χ3v) is 4.08. The molecule has 3 rings (SSSR count). The summed E-state index contributed by atoms with van der Waals surface area (Å²) in [6.07, 6.45) is 0.995. The molecular formula is C20H23NO4. The first-order chi connectivity index (χ1) is 12.2. The van der Waals surface area contributed by atoms with E-state index in [9.17, 15) is 4.79 Å². The SMILES string of the molecule is CCc1ccc(OC(CC)C(=O)Nc2ccc3c(c2)OCCO3)cc1. The average Bonchev–Trinajstić information content (AvgIpc) is 2.66. The number of amides is 1. The summed E-state index contributed by atoms with van der Waals surface area (Å²) in [5, 5.41) is 2.89. The Labute approximate surface area is 147 Å². The van der Waals surface area contributed by atoms with Crippen LogP contribution in [-0.2, 0) is 11.2 Å². The fourth-order valence-corrected chi connectivity index (χ4v) is 2.63. The van der Waals surface area contributed by atoms with Gasteiger partial charge in [-0.25, -0.2) is 0 Å². The van der Waals surface area contributed by atoms with E-state index in [2.05, 4.69) is 12.2 Å². The van der Waals surface area contributed by atoms with E-state index in [0.29, 0.717) is 42.6 Å². The molecule has 0 bridgehead atoms. The van der Waals surface area contributed by atoms with Gasteiger partial charge >= 0.3 is 0 Å². The second kappa shape index (κ2) is 7.92. The van der Waals surface area contributed by atoms with Crippen molar-refractivity contribution < 1.29 is 19.0 Å². The van der Waals surface area contributed by atoms with E-state index >= 15 is 0 Å². The molecule has 2 aromatic rings. The first kappa shape index (κ1) is 17.1. The summed E-state index contributed by atoms with van der Waals surface area (Å²) in [6, 6.07) is 13.2. The molecule has 0 fully saturated rings. The highest BCUT2D eigenvalue weighted by atomic mass is 16.6. The van der Waals surface area contributed by atoms with Crippen LogP contribution >= 0.6 is 0 Å². The number of anilines is 1. The molecule has 0 aromatic heterocycles. The Balaban J connectivity index is 1.65. The van der Waals surface area contributed by atoms with Crippen molar-refractivity contribution in [2.75, 3.05) is 18.5 Å². The minimum Gasteiger partial charge on any atom is -0.486 e. The van der Waals surface area contributed by atoms with Gasteiger partial charge in [0.05, 0.1) is 0 Å². The second-order valence-electron chi connectivity index (χ2n) is 5.86. The van der Waals surface area contributed by atoms with Crippen LogP contribution in [0.15, 0.2) is 42.5 Å². The summed E-state index contributed by atoms with van der Waals surface area (Å²) in [7, 11) is 0. The average molecular weight is 341 g/mol. The van der Waals surface area contributed by atoms with Gasteiger partial charge in [-0.05, 0) is 42.7 Å². The van der Waals surface area contributed by atoms with Crippen LogP contribution in [0.2, 0.25) is 0 Å². The number of nitrogens with one attached hydrogen (secondary N) is 1. The molecule has 1 amide bonds. The van der Waals surface area contributed by atoms with Gasteiger partial charge in [0.15, 0.2) is 17.6 Å². The maximum atomic E-state index is 12.5. The molecule has 0 radical (unpaired) electrons. The van der Waals surface area contributed by atoms with Crippen molar-refractivity contribution in [1.82, 2.24) is 0 Å². The summed E-state index contributed by atoms with van der Waals surface area (Å²) in [6.45, 7) is 5.08. The standard InChI is InChI=1S/C20H23NO4/c1-3-14-5-8-16(9-6-14)25-17(4-2)20(22)21-15-7-10-18-19(13-15)24-12-11-23-18/h5-10,13,17H,3-4,11-12H2,1-2H3,(H,21,22). The van der Waals surface area contributed by atoms with Gasteiger partial charge in [-0.3, -0.25) is 4.79 Å². The van der Waals surface area contributed by atoms with E-state index in [1.807, 2.05) is 31.2 Å². The van der Waals surface area contributed by atoms with Crippen molar-refractivity contribution in [2.45, 2.75) is 32.8 Å². The molecule has 0 spiro atoms. The van der Waals surface area contributed by atoms with Crippen molar-refractivity contribution in [2.24, 2.45) is 0 Å². The van der Waals surface area contributed by atoms with Crippen LogP contribution in [0.3, 0.4) is 0 Å². The molecule has 5 heteroatoms. The largest absolute Gasteiger partial charge is 0.486 e. The van der Waals surface area contributed by atoms with Gasteiger partial charge in [-0.1, -0.05) is 26.0 Å². The highest BCUT2D eigenvalue weighted by molar-refractivity contribution is 5.94. The third-order valence-electron chi connectivity index (χ3n) is 4.08. The minimum atomic E-state index is -0.555. The topological polar surface area (TPSA) is 56.8 Å². The molecular weight excluding hydrogens is 318 g/mol. The highest BCUT2D eigenvalue weighted by Crippen LogP contribution is 2.32. The van der Waals surface area contributed by atoms with Gasteiger partial charge in [0.1, 0.15) is 19.0 Å². The Morgan fingerprint density at radius 3 is 2.48 bits per heavy atom. The third kappa shape index (κ3) is 4.24. The number of carbonyl (C=O) groups is 1. The second-order valence-corrected chi connectivity index (χ2v) is 5.86. The number of rotatable bonds is 6. The molecule has 1 unspecified atom stereocenters. The monoisotopic (exact) mass is 341 g/mol. The Kier molecular flexibility index (Phi) is 5.43. The van der Waals surface area contributed by atoms with Crippen LogP contribution in [0.5, 0.6) is 17.2 Å². The normalized spacial score (nSPS) is 13.8. The lowest BCUT2D eigenvalue weighted by atomic mass is 10.1. The number of aryl methyl sites for hydroxylation is 1. The lowest BCUT2D eigenvalue weighted by molar-refractivity contribution is -0.122. The van der Waals surface area contributed by atoms with E-state index < -0.39 is 6.10 Å². The van der Waals surface area contributed by atoms with Crippen molar-refractivity contribution in [3.05, 3.63) is 48.0 Å². The van der Waals surface area contributed by atoms with Crippen LogP contribution in [-0.4, -0.2) is 25.2 Å². The molecule has 2 aromatic carbocycles.